The van der Waals surface area contributed by atoms with E-state index in [1.807, 2.05) is 11.4 Å². The molecule has 1 atom stereocenters. The number of nitriles is 1. The number of likely N-dealkylation sites (N-methyl/N-ethyl adjacent to an activating group) is 1. The Bertz CT molecular complexity index is 1470. The number of carboxylic acids is 1. The summed E-state index contributed by atoms with van der Waals surface area (Å²) in [4.78, 5) is 38.4. The maximum Gasteiger partial charge on any atom is 0.416 e. The summed E-state index contributed by atoms with van der Waals surface area (Å²) in [5.41, 5.74) is -1.33. The van der Waals surface area contributed by atoms with Crippen LogP contribution in [0.5, 0.6) is 5.75 Å². The zero-order valence-corrected chi connectivity index (χ0v) is 18.1. The highest BCUT2D eigenvalue weighted by Crippen LogP contribution is 2.41. The molecule has 12 heteroatoms. The van der Waals surface area contributed by atoms with E-state index in [1.54, 1.807) is 11.9 Å². The number of aliphatic carboxylic acids is 1. The van der Waals surface area contributed by atoms with E-state index in [1.165, 1.54) is 28.8 Å². The van der Waals surface area contributed by atoms with Crippen LogP contribution in [0.1, 0.15) is 33.1 Å². The third-order valence-corrected chi connectivity index (χ3v) is 5.89. The molecule has 35 heavy (non-hydrogen) atoms. The Hall–Kier alpha value is -4.53. The van der Waals surface area contributed by atoms with Crippen molar-refractivity contribution in [1.29, 1.82) is 5.26 Å². The lowest BCUT2D eigenvalue weighted by Crippen LogP contribution is -2.41. The molecule has 0 radical (unpaired) electrons. The number of hydrogen-bond donors (Lipinski definition) is 3. The first-order valence-corrected chi connectivity index (χ1v) is 10.2. The summed E-state index contributed by atoms with van der Waals surface area (Å²) in [5, 5.41) is 31.1. The van der Waals surface area contributed by atoms with Gasteiger partial charge in [0.15, 0.2) is 0 Å². The van der Waals surface area contributed by atoms with E-state index in [4.69, 9.17) is 5.11 Å². The van der Waals surface area contributed by atoms with Crippen molar-refractivity contribution in [2.75, 3.05) is 18.5 Å². The first kappa shape index (κ1) is 23.6. The molecule has 2 aromatic carbocycles. The molecule has 3 N–H and O–H groups in total. The number of amides is 1. The summed E-state index contributed by atoms with van der Waals surface area (Å²) in [6.07, 6.45) is -4.52. The molecule has 0 saturated heterocycles. The number of nitrogens with zero attached hydrogens (tertiary/aromatic N) is 3. The number of benzene rings is 2. The van der Waals surface area contributed by atoms with Gasteiger partial charge in [0, 0.05) is 12.4 Å². The highest BCUT2D eigenvalue weighted by atomic mass is 19.4. The largest absolute Gasteiger partial charge is 0.506 e. The van der Waals surface area contributed by atoms with Crippen LogP contribution in [0.25, 0.3) is 10.9 Å². The zero-order valence-electron chi connectivity index (χ0n) is 18.1. The Morgan fingerprint density at radius 1 is 1.23 bits per heavy atom. The normalized spacial score (nSPS) is 15.1. The van der Waals surface area contributed by atoms with Crippen LogP contribution in [-0.2, 0) is 17.5 Å². The number of aromatic nitrogens is 1. The molecule has 0 spiro atoms. The number of aromatic hydroxyl groups is 1. The van der Waals surface area contributed by atoms with Crippen molar-refractivity contribution < 1.29 is 33.0 Å². The van der Waals surface area contributed by atoms with E-state index in [2.05, 4.69) is 0 Å². The van der Waals surface area contributed by atoms with E-state index in [9.17, 15) is 37.9 Å². The fourth-order valence-electron chi connectivity index (χ4n) is 4.20. The summed E-state index contributed by atoms with van der Waals surface area (Å²) in [6.45, 7) is -0.883. The molecule has 9 nitrogen and oxygen atoms in total. The zero-order chi connectivity index (χ0) is 25.7. The summed E-state index contributed by atoms with van der Waals surface area (Å²) in [5.74, 6) is -3.18. The first-order chi connectivity index (χ1) is 16.4. The van der Waals surface area contributed by atoms with Crippen molar-refractivity contribution in [3.8, 4) is 11.8 Å². The summed E-state index contributed by atoms with van der Waals surface area (Å²) in [6, 6.07) is 8.46. The number of alkyl halides is 3. The van der Waals surface area contributed by atoms with E-state index in [0.717, 1.165) is 12.1 Å². The standard InChI is InChI=1S/C23H17F3N4O5/c1-29-15-7-11(8-27)6-14-19(15)30(22(35)18(20(14)33)21(34)28-9-17(31)32)10-16(29)12-2-4-13(5-3-12)23(24,25)26/h2-7,16,33H,9-10H2,1H3,(H,28,34)(H,31,32). The number of pyridine rings is 1. The number of rotatable bonds is 4. The van der Waals surface area contributed by atoms with Crippen LogP contribution in [0, 0.1) is 11.3 Å². The number of nitrogens with one attached hydrogen (secondary N) is 1. The van der Waals surface area contributed by atoms with Crippen molar-refractivity contribution in [2.45, 2.75) is 18.8 Å². The predicted molar refractivity (Wildman–Crippen MR) is 117 cm³/mol. The van der Waals surface area contributed by atoms with Gasteiger partial charge < -0.3 is 25.0 Å². The van der Waals surface area contributed by atoms with Crippen LogP contribution in [0.2, 0.25) is 0 Å². The van der Waals surface area contributed by atoms with E-state index in [0.29, 0.717) is 11.3 Å². The predicted octanol–water partition coefficient (Wildman–Crippen LogP) is 2.60. The van der Waals surface area contributed by atoms with Gasteiger partial charge in [0.05, 0.1) is 41.0 Å². The van der Waals surface area contributed by atoms with Gasteiger partial charge in [0.25, 0.3) is 11.5 Å². The molecule has 1 unspecified atom stereocenters. The van der Waals surface area contributed by atoms with Gasteiger partial charge in [-0.2, -0.15) is 18.4 Å². The smallest absolute Gasteiger partial charge is 0.416 e. The van der Waals surface area contributed by atoms with Crippen molar-refractivity contribution >= 4 is 28.5 Å². The molecule has 0 saturated carbocycles. The minimum atomic E-state index is -4.52. The van der Waals surface area contributed by atoms with Crippen molar-refractivity contribution in [3.05, 3.63) is 69.0 Å². The summed E-state index contributed by atoms with van der Waals surface area (Å²) < 4.78 is 40.2. The summed E-state index contributed by atoms with van der Waals surface area (Å²) >= 11 is 0. The van der Waals surface area contributed by atoms with Gasteiger partial charge in [0.2, 0.25) is 0 Å². The quantitative estimate of drug-likeness (QED) is 0.516. The Morgan fingerprint density at radius 2 is 1.89 bits per heavy atom. The Kier molecular flexibility index (Phi) is 5.64. The molecule has 2 heterocycles. The number of carbonyl (C=O) groups excluding carboxylic acids is 1. The van der Waals surface area contributed by atoms with Gasteiger partial charge in [-0.05, 0) is 29.8 Å². The van der Waals surface area contributed by atoms with Crippen LogP contribution in [-0.4, -0.2) is 40.2 Å². The second-order valence-corrected chi connectivity index (χ2v) is 7.97. The van der Waals surface area contributed by atoms with Gasteiger partial charge in [-0.15, -0.1) is 0 Å². The number of anilines is 1. The van der Waals surface area contributed by atoms with Gasteiger partial charge >= 0.3 is 12.1 Å². The van der Waals surface area contributed by atoms with Gasteiger partial charge in [-0.25, -0.2) is 0 Å². The molecule has 1 aliphatic heterocycles. The van der Waals surface area contributed by atoms with Gasteiger partial charge in [-0.1, -0.05) is 12.1 Å². The van der Waals surface area contributed by atoms with Crippen LogP contribution in [0.4, 0.5) is 18.9 Å². The fraction of sp³-hybridized carbons (Fsp3) is 0.217. The molecule has 0 fully saturated rings. The SMILES string of the molecule is CN1c2cc(C#N)cc3c(O)c(C(=O)NCC(=O)O)c(=O)n(c23)CC1c1ccc(C(F)(F)F)cc1. The average Bonchev–Trinajstić information content (AvgIpc) is 2.81. The highest BCUT2D eigenvalue weighted by molar-refractivity contribution is 6.06. The molecule has 0 bridgehead atoms. The lowest BCUT2D eigenvalue weighted by atomic mass is 9.97. The topological polar surface area (TPSA) is 136 Å². The molecule has 1 amide bonds. The second-order valence-electron chi connectivity index (χ2n) is 7.97. The van der Waals surface area contributed by atoms with Crippen LogP contribution in [0.3, 0.4) is 0 Å². The average molecular weight is 486 g/mol. The molecule has 0 aliphatic carbocycles. The molecular formula is C23H17F3N4O5. The van der Waals surface area contributed by atoms with Crippen molar-refractivity contribution in [3.63, 3.8) is 0 Å². The number of carbonyl (C=O) groups is 2. The maximum atomic E-state index is 13.3. The third kappa shape index (κ3) is 4.01. The third-order valence-electron chi connectivity index (χ3n) is 5.89. The van der Waals surface area contributed by atoms with Gasteiger partial charge in [0.1, 0.15) is 17.9 Å². The second kappa shape index (κ2) is 8.35. The Labute approximate surface area is 195 Å². The van der Waals surface area contributed by atoms with Crippen LogP contribution < -0.4 is 15.8 Å². The molecular weight excluding hydrogens is 469 g/mol. The molecule has 180 valence electrons. The maximum absolute atomic E-state index is 13.3. The molecule has 4 rings (SSSR count). The number of halogens is 3. The monoisotopic (exact) mass is 486 g/mol. The van der Waals surface area contributed by atoms with E-state index >= 15 is 0 Å². The van der Waals surface area contributed by atoms with E-state index in [-0.39, 0.29) is 23.0 Å². The van der Waals surface area contributed by atoms with Crippen LogP contribution >= 0.6 is 0 Å². The Balaban J connectivity index is 1.92. The lowest BCUT2D eigenvalue weighted by molar-refractivity contribution is -0.138. The minimum absolute atomic E-state index is 0.0249. The summed E-state index contributed by atoms with van der Waals surface area (Å²) in [7, 11) is 1.64. The highest BCUT2D eigenvalue weighted by Gasteiger charge is 2.34. The van der Waals surface area contributed by atoms with E-state index < -0.39 is 53.1 Å². The minimum Gasteiger partial charge on any atom is -0.506 e. The molecule has 3 aromatic rings. The van der Waals surface area contributed by atoms with Crippen LogP contribution in [0.15, 0.2) is 41.2 Å². The van der Waals surface area contributed by atoms with Crippen molar-refractivity contribution in [2.24, 2.45) is 0 Å². The first-order valence-electron chi connectivity index (χ1n) is 10.2. The molecule has 1 aromatic heterocycles. The lowest BCUT2D eigenvalue weighted by Gasteiger charge is -2.37. The van der Waals surface area contributed by atoms with Crippen molar-refractivity contribution in [1.82, 2.24) is 9.88 Å². The Morgan fingerprint density at radius 3 is 2.46 bits per heavy atom. The molecule has 1 aliphatic rings. The van der Waals surface area contributed by atoms with Gasteiger partial charge in [-0.3, -0.25) is 14.4 Å². The number of carboxylic acid groups (broad SMARTS) is 1. The number of hydrogen-bond acceptors (Lipinski definition) is 6. The fourth-order valence-corrected chi connectivity index (χ4v) is 4.20.